The molecular weight excluding hydrogens is 207 g/mol. The molecule has 0 heterocycles. The Kier molecular flexibility index (Phi) is 3.96. The molecule has 1 atom stereocenters. The number of benzene rings is 1. The lowest BCUT2D eigenvalue weighted by Crippen LogP contribution is -2.12. The summed E-state index contributed by atoms with van der Waals surface area (Å²) in [5, 5.41) is 0. The van der Waals surface area contributed by atoms with Gasteiger partial charge in [-0.2, -0.15) is 0 Å². The van der Waals surface area contributed by atoms with Gasteiger partial charge in [-0.25, -0.2) is 13.2 Å². The van der Waals surface area contributed by atoms with Crippen LogP contribution in [0, 0.1) is 5.82 Å². The van der Waals surface area contributed by atoms with Crippen molar-refractivity contribution in [2.24, 2.45) is 5.73 Å². The standard InChI is InChI=1S/C10H12F3NO/c1-6(14)8-4-7(11)2-3-9(8)15-5-10(12)13/h2-4,6,10H,5,14H2,1H3/t6-/m0/s1. The Bertz CT molecular complexity index is 328. The van der Waals surface area contributed by atoms with E-state index in [9.17, 15) is 13.2 Å². The van der Waals surface area contributed by atoms with Gasteiger partial charge in [0.1, 0.15) is 18.2 Å². The molecule has 1 rings (SSSR count). The smallest absolute Gasteiger partial charge is 0.272 e. The number of rotatable bonds is 4. The summed E-state index contributed by atoms with van der Waals surface area (Å²) in [6.45, 7) is 0.912. The van der Waals surface area contributed by atoms with Crippen molar-refractivity contribution < 1.29 is 17.9 Å². The van der Waals surface area contributed by atoms with Gasteiger partial charge >= 0.3 is 0 Å². The first-order valence-corrected chi connectivity index (χ1v) is 4.46. The van der Waals surface area contributed by atoms with Crippen LogP contribution in [0.2, 0.25) is 0 Å². The highest BCUT2D eigenvalue weighted by Gasteiger charge is 2.11. The van der Waals surface area contributed by atoms with Gasteiger partial charge in [-0.1, -0.05) is 0 Å². The quantitative estimate of drug-likeness (QED) is 0.844. The van der Waals surface area contributed by atoms with E-state index < -0.39 is 24.9 Å². The molecule has 0 unspecified atom stereocenters. The summed E-state index contributed by atoms with van der Waals surface area (Å²) in [5.41, 5.74) is 5.94. The molecule has 0 aromatic heterocycles. The van der Waals surface area contributed by atoms with E-state index in [2.05, 4.69) is 0 Å². The molecule has 0 bridgehead atoms. The van der Waals surface area contributed by atoms with Gasteiger partial charge in [-0.15, -0.1) is 0 Å². The van der Waals surface area contributed by atoms with Crippen LogP contribution in [0.5, 0.6) is 5.75 Å². The van der Waals surface area contributed by atoms with Crippen LogP contribution < -0.4 is 10.5 Å². The maximum Gasteiger partial charge on any atom is 0.272 e. The molecule has 15 heavy (non-hydrogen) atoms. The predicted octanol–water partition coefficient (Wildman–Crippen LogP) is 2.49. The molecular formula is C10H12F3NO. The Hall–Kier alpha value is -1.23. The Morgan fingerprint density at radius 1 is 1.40 bits per heavy atom. The Morgan fingerprint density at radius 3 is 2.60 bits per heavy atom. The molecule has 84 valence electrons. The zero-order valence-corrected chi connectivity index (χ0v) is 8.21. The lowest BCUT2D eigenvalue weighted by atomic mass is 10.1. The second-order valence-electron chi connectivity index (χ2n) is 3.17. The number of halogens is 3. The first kappa shape index (κ1) is 11.8. The lowest BCUT2D eigenvalue weighted by Gasteiger charge is -2.13. The van der Waals surface area contributed by atoms with Crippen molar-refractivity contribution >= 4 is 0 Å². The third-order valence-electron chi connectivity index (χ3n) is 1.83. The summed E-state index contributed by atoms with van der Waals surface area (Å²) in [6.07, 6.45) is -2.56. The fraction of sp³-hybridized carbons (Fsp3) is 0.400. The van der Waals surface area contributed by atoms with E-state index in [4.69, 9.17) is 10.5 Å². The van der Waals surface area contributed by atoms with Crippen molar-refractivity contribution in [2.45, 2.75) is 19.4 Å². The lowest BCUT2D eigenvalue weighted by molar-refractivity contribution is 0.0812. The minimum atomic E-state index is -2.56. The van der Waals surface area contributed by atoms with E-state index in [1.165, 1.54) is 12.1 Å². The minimum absolute atomic E-state index is 0.201. The monoisotopic (exact) mass is 219 g/mol. The fourth-order valence-electron chi connectivity index (χ4n) is 1.16. The summed E-state index contributed by atoms with van der Waals surface area (Å²) < 4.78 is 41.5. The first-order valence-electron chi connectivity index (χ1n) is 4.46. The van der Waals surface area contributed by atoms with Crippen molar-refractivity contribution in [1.29, 1.82) is 0 Å². The summed E-state index contributed by atoms with van der Waals surface area (Å²) in [4.78, 5) is 0. The zero-order chi connectivity index (χ0) is 11.4. The average Bonchev–Trinajstić information content (AvgIpc) is 2.15. The molecule has 5 heteroatoms. The number of ether oxygens (including phenoxy) is 1. The van der Waals surface area contributed by atoms with E-state index >= 15 is 0 Å². The van der Waals surface area contributed by atoms with Crippen LogP contribution in [0.3, 0.4) is 0 Å². The molecule has 0 saturated carbocycles. The van der Waals surface area contributed by atoms with Gasteiger partial charge in [0.15, 0.2) is 0 Å². The van der Waals surface area contributed by atoms with E-state index in [0.29, 0.717) is 5.56 Å². The van der Waals surface area contributed by atoms with E-state index in [0.717, 1.165) is 6.07 Å². The predicted molar refractivity (Wildman–Crippen MR) is 50.5 cm³/mol. The molecule has 0 aliphatic rings. The fourth-order valence-corrected chi connectivity index (χ4v) is 1.16. The topological polar surface area (TPSA) is 35.2 Å². The normalized spacial score (nSPS) is 12.9. The SMILES string of the molecule is C[C@H](N)c1cc(F)ccc1OCC(F)F. The van der Waals surface area contributed by atoms with E-state index in [1.54, 1.807) is 6.92 Å². The third kappa shape index (κ3) is 3.43. The van der Waals surface area contributed by atoms with Gasteiger partial charge in [0, 0.05) is 11.6 Å². The van der Waals surface area contributed by atoms with Gasteiger partial charge in [0.05, 0.1) is 0 Å². The van der Waals surface area contributed by atoms with Crippen LogP contribution in [0.25, 0.3) is 0 Å². The Balaban J connectivity index is 2.86. The highest BCUT2D eigenvalue weighted by atomic mass is 19.3. The molecule has 0 fully saturated rings. The summed E-state index contributed by atoms with van der Waals surface area (Å²) in [6, 6.07) is 3.17. The number of alkyl halides is 2. The van der Waals surface area contributed by atoms with Crippen molar-refractivity contribution in [2.75, 3.05) is 6.61 Å². The van der Waals surface area contributed by atoms with Gasteiger partial charge < -0.3 is 10.5 Å². The van der Waals surface area contributed by atoms with Crippen LogP contribution in [-0.2, 0) is 0 Å². The molecule has 1 aromatic carbocycles. The first-order chi connectivity index (χ1) is 7.00. The Labute approximate surface area is 85.8 Å². The van der Waals surface area contributed by atoms with Crippen LogP contribution in [0.4, 0.5) is 13.2 Å². The maximum absolute atomic E-state index is 12.8. The van der Waals surface area contributed by atoms with E-state index in [-0.39, 0.29) is 5.75 Å². The molecule has 2 nitrogen and oxygen atoms in total. The molecule has 0 aliphatic heterocycles. The zero-order valence-electron chi connectivity index (χ0n) is 8.21. The van der Waals surface area contributed by atoms with Gasteiger partial charge in [-0.05, 0) is 25.1 Å². The number of hydrogen-bond donors (Lipinski definition) is 1. The van der Waals surface area contributed by atoms with E-state index in [1.807, 2.05) is 0 Å². The highest BCUT2D eigenvalue weighted by molar-refractivity contribution is 5.36. The summed E-state index contributed by atoms with van der Waals surface area (Å²) in [7, 11) is 0. The molecule has 0 spiro atoms. The van der Waals surface area contributed by atoms with Crippen molar-refractivity contribution in [1.82, 2.24) is 0 Å². The Morgan fingerprint density at radius 2 is 2.07 bits per heavy atom. The molecule has 0 amide bonds. The molecule has 0 aliphatic carbocycles. The number of hydrogen-bond acceptors (Lipinski definition) is 2. The van der Waals surface area contributed by atoms with Crippen LogP contribution >= 0.6 is 0 Å². The van der Waals surface area contributed by atoms with Crippen molar-refractivity contribution in [3.05, 3.63) is 29.6 Å². The maximum atomic E-state index is 12.8. The van der Waals surface area contributed by atoms with Crippen LogP contribution in [0.1, 0.15) is 18.5 Å². The van der Waals surface area contributed by atoms with Crippen molar-refractivity contribution in [3.8, 4) is 5.75 Å². The van der Waals surface area contributed by atoms with Gasteiger partial charge in [0.2, 0.25) is 0 Å². The second-order valence-corrected chi connectivity index (χ2v) is 3.17. The van der Waals surface area contributed by atoms with Crippen LogP contribution in [0.15, 0.2) is 18.2 Å². The minimum Gasteiger partial charge on any atom is -0.487 e. The molecule has 2 N–H and O–H groups in total. The molecule has 0 saturated heterocycles. The third-order valence-corrected chi connectivity index (χ3v) is 1.83. The van der Waals surface area contributed by atoms with Gasteiger partial charge in [-0.3, -0.25) is 0 Å². The van der Waals surface area contributed by atoms with Crippen molar-refractivity contribution in [3.63, 3.8) is 0 Å². The van der Waals surface area contributed by atoms with Crippen LogP contribution in [-0.4, -0.2) is 13.0 Å². The summed E-state index contributed by atoms with van der Waals surface area (Å²) >= 11 is 0. The van der Waals surface area contributed by atoms with Gasteiger partial charge in [0.25, 0.3) is 6.43 Å². The second kappa shape index (κ2) is 5.02. The number of nitrogens with two attached hydrogens (primary N) is 1. The summed E-state index contributed by atoms with van der Waals surface area (Å²) in [5.74, 6) is -0.265. The molecule has 1 aromatic rings. The largest absolute Gasteiger partial charge is 0.487 e. The molecule has 0 radical (unpaired) electrons. The average molecular weight is 219 g/mol. The highest BCUT2D eigenvalue weighted by Crippen LogP contribution is 2.24.